The average molecular weight is 409 g/mol. The third kappa shape index (κ3) is 2.92. The molecule has 0 N–H and O–H groups in total. The van der Waals surface area contributed by atoms with Gasteiger partial charge in [-0.3, -0.25) is 14.2 Å². The van der Waals surface area contributed by atoms with Gasteiger partial charge in [-0.25, -0.2) is 0 Å². The molecule has 0 aliphatic carbocycles. The minimum atomic E-state index is -0.296. The molecule has 0 bridgehead atoms. The third-order valence-corrected chi connectivity index (χ3v) is 5.40. The van der Waals surface area contributed by atoms with Crippen molar-refractivity contribution in [2.75, 3.05) is 7.11 Å². The lowest BCUT2D eigenvalue weighted by Crippen LogP contribution is -2.19. The number of hydrogen-bond donors (Lipinski definition) is 0. The molecule has 0 amide bonds. The molecule has 3 aromatic carbocycles. The molecule has 0 aliphatic heterocycles. The van der Waals surface area contributed by atoms with Crippen LogP contribution in [0.4, 0.5) is 0 Å². The molecule has 0 unspecified atom stereocenters. The highest BCUT2D eigenvalue weighted by atomic mass is 16.5. The van der Waals surface area contributed by atoms with Crippen molar-refractivity contribution < 1.29 is 14.3 Å². The molecule has 6 nitrogen and oxygen atoms in total. The summed E-state index contributed by atoms with van der Waals surface area (Å²) in [5.74, 6) is 0.142. The van der Waals surface area contributed by atoms with Crippen molar-refractivity contribution in [2.45, 2.75) is 6.92 Å². The minimum absolute atomic E-state index is 0.229. The maximum Gasteiger partial charge on any atom is 0.280 e. The Morgan fingerprint density at radius 2 is 1.45 bits per heavy atom. The second kappa shape index (κ2) is 7.25. The van der Waals surface area contributed by atoms with Crippen molar-refractivity contribution in [1.29, 1.82) is 0 Å². The molecule has 0 atom stereocenters. The van der Waals surface area contributed by atoms with Crippen LogP contribution in [0.5, 0.6) is 5.75 Å². The molecule has 0 aliphatic rings. The summed E-state index contributed by atoms with van der Waals surface area (Å²) in [6, 6.07) is 23.5. The van der Waals surface area contributed by atoms with Crippen molar-refractivity contribution in [3.63, 3.8) is 0 Å². The number of methoxy groups -OCH3 is 1. The number of aromatic nitrogens is 3. The zero-order valence-corrected chi connectivity index (χ0v) is 17.1. The standard InChI is InChI=1S/C25H19N3O3/c1-16-22-20-15-19(31-2)13-14-21(20)27(24(29)17-9-5-3-6-10-17)23(22)28(26-16)25(30)18-11-7-4-8-12-18/h3-15H,1-2H3. The zero-order chi connectivity index (χ0) is 21.5. The lowest BCUT2D eigenvalue weighted by atomic mass is 10.1. The monoisotopic (exact) mass is 409 g/mol. The van der Waals surface area contributed by atoms with Gasteiger partial charge in [0, 0.05) is 16.5 Å². The molecule has 0 radical (unpaired) electrons. The third-order valence-electron chi connectivity index (χ3n) is 5.40. The van der Waals surface area contributed by atoms with Crippen LogP contribution in [0.3, 0.4) is 0 Å². The van der Waals surface area contributed by atoms with Crippen LogP contribution in [0.1, 0.15) is 26.4 Å². The number of benzene rings is 3. The van der Waals surface area contributed by atoms with Crippen molar-refractivity contribution in [3.8, 4) is 5.75 Å². The lowest BCUT2D eigenvalue weighted by molar-refractivity contribution is 0.0946. The fraction of sp³-hybridized carbons (Fsp3) is 0.0800. The number of rotatable bonds is 3. The van der Waals surface area contributed by atoms with Crippen molar-refractivity contribution in [2.24, 2.45) is 0 Å². The molecule has 0 saturated carbocycles. The highest BCUT2D eigenvalue weighted by molar-refractivity contribution is 6.18. The van der Waals surface area contributed by atoms with Crippen molar-refractivity contribution in [3.05, 3.63) is 95.7 Å². The maximum absolute atomic E-state index is 13.6. The first-order valence-corrected chi connectivity index (χ1v) is 9.87. The van der Waals surface area contributed by atoms with E-state index in [-0.39, 0.29) is 11.8 Å². The van der Waals surface area contributed by atoms with E-state index < -0.39 is 0 Å². The Morgan fingerprint density at radius 1 is 0.839 bits per heavy atom. The molecule has 6 heteroatoms. The van der Waals surface area contributed by atoms with E-state index in [1.807, 2.05) is 49.4 Å². The summed E-state index contributed by atoms with van der Waals surface area (Å²) < 4.78 is 8.30. The Bertz CT molecular complexity index is 1450. The van der Waals surface area contributed by atoms with Gasteiger partial charge in [-0.2, -0.15) is 9.78 Å². The molecule has 2 aromatic heterocycles. The number of carbonyl (C=O) groups excluding carboxylic acids is 2. The summed E-state index contributed by atoms with van der Waals surface area (Å²) in [5, 5.41) is 6.08. The molecular weight excluding hydrogens is 390 g/mol. The van der Waals surface area contributed by atoms with E-state index >= 15 is 0 Å². The minimum Gasteiger partial charge on any atom is -0.497 e. The summed E-state index contributed by atoms with van der Waals surface area (Å²) in [6.45, 7) is 1.84. The van der Waals surface area contributed by atoms with Crippen LogP contribution in [0, 0.1) is 6.92 Å². The van der Waals surface area contributed by atoms with E-state index in [9.17, 15) is 9.59 Å². The van der Waals surface area contributed by atoms with Gasteiger partial charge in [-0.15, -0.1) is 0 Å². The largest absolute Gasteiger partial charge is 0.497 e. The van der Waals surface area contributed by atoms with E-state index in [0.717, 1.165) is 10.8 Å². The van der Waals surface area contributed by atoms with Crippen LogP contribution in [0.15, 0.2) is 78.9 Å². The molecule has 5 aromatic rings. The van der Waals surface area contributed by atoms with Crippen LogP contribution in [0.25, 0.3) is 21.9 Å². The Morgan fingerprint density at radius 3 is 2.06 bits per heavy atom. The number of fused-ring (bicyclic) bond motifs is 3. The Kier molecular flexibility index (Phi) is 4.40. The normalized spacial score (nSPS) is 11.2. The van der Waals surface area contributed by atoms with Gasteiger partial charge in [-0.1, -0.05) is 36.4 Å². The first-order valence-electron chi connectivity index (χ1n) is 9.87. The van der Waals surface area contributed by atoms with Crippen LogP contribution >= 0.6 is 0 Å². The van der Waals surface area contributed by atoms with Gasteiger partial charge in [0.25, 0.3) is 11.8 Å². The molecule has 0 fully saturated rings. The molecule has 2 heterocycles. The predicted molar refractivity (Wildman–Crippen MR) is 119 cm³/mol. The summed E-state index contributed by atoms with van der Waals surface area (Å²) >= 11 is 0. The Balaban J connectivity index is 1.86. The van der Waals surface area contributed by atoms with Gasteiger partial charge >= 0.3 is 0 Å². The fourth-order valence-electron chi connectivity index (χ4n) is 3.95. The van der Waals surface area contributed by atoms with E-state index in [4.69, 9.17) is 4.74 Å². The molecule has 5 rings (SSSR count). The van der Waals surface area contributed by atoms with Gasteiger partial charge in [0.1, 0.15) is 5.75 Å². The second-order valence-electron chi connectivity index (χ2n) is 7.26. The number of carbonyl (C=O) groups is 2. The predicted octanol–water partition coefficient (Wildman–Crippen LogP) is 4.69. The van der Waals surface area contributed by atoms with Crippen molar-refractivity contribution >= 4 is 33.8 Å². The lowest BCUT2D eigenvalue weighted by Gasteiger charge is -2.09. The maximum atomic E-state index is 13.6. The second-order valence-corrected chi connectivity index (χ2v) is 7.26. The smallest absolute Gasteiger partial charge is 0.280 e. The summed E-state index contributed by atoms with van der Waals surface area (Å²) in [5.41, 5.74) is 2.82. The average Bonchev–Trinajstić information content (AvgIpc) is 3.34. The molecule has 152 valence electrons. The molecule has 31 heavy (non-hydrogen) atoms. The van der Waals surface area contributed by atoms with E-state index in [0.29, 0.717) is 33.7 Å². The number of ether oxygens (including phenoxy) is 1. The summed E-state index contributed by atoms with van der Waals surface area (Å²) in [7, 11) is 1.60. The Hall–Kier alpha value is -4.19. The van der Waals surface area contributed by atoms with Gasteiger partial charge in [0.2, 0.25) is 0 Å². The van der Waals surface area contributed by atoms with Gasteiger partial charge in [0.05, 0.1) is 23.7 Å². The zero-order valence-electron chi connectivity index (χ0n) is 17.1. The molecular formula is C25H19N3O3. The number of aryl methyl sites for hydroxylation is 1. The van der Waals surface area contributed by atoms with Gasteiger partial charge in [0.15, 0.2) is 5.65 Å². The number of hydrogen-bond acceptors (Lipinski definition) is 4. The summed E-state index contributed by atoms with van der Waals surface area (Å²) in [4.78, 5) is 26.9. The SMILES string of the molecule is COc1ccc2c(c1)c1c(C)nn(C(=O)c3ccccc3)c1n2C(=O)c1ccccc1. The van der Waals surface area contributed by atoms with E-state index in [2.05, 4.69) is 5.10 Å². The highest BCUT2D eigenvalue weighted by Crippen LogP contribution is 2.34. The van der Waals surface area contributed by atoms with Crippen molar-refractivity contribution in [1.82, 2.24) is 14.3 Å². The van der Waals surface area contributed by atoms with Crippen LogP contribution in [-0.4, -0.2) is 33.3 Å². The Labute approximate surface area is 178 Å². The van der Waals surface area contributed by atoms with E-state index in [1.54, 1.807) is 48.1 Å². The number of nitrogens with zero attached hydrogens (tertiary/aromatic N) is 3. The van der Waals surface area contributed by atoms with Gasteiger partial charge < -0.3 is 4.74 Å². The van der Waals surface area contributed by atoms with Crippen LogP contribution < -0.4 is 4.74 Å². The van der Waals surface area contributed by atoms with E-state index in [1.165, 1.54) is 4.68 Å². The molecule has 0 spiro atoms. The first-order chi connectivity index (χ1) is 15.1. The fourth-order valence-corrected chi connectivity index (χ4v) is 3.95. The summed E-state index contributed by atoms with van der Waals surface area (Å²) in [6.07, 6.45) is 0. The van der Waals surface area contributed by atoms with Gasteiger partial charge in [-0.05, 0) is 49.4 Å². The molecule has 0 saturated heterocycles. The van der Waals surface area contributed by atoms with Crippen LogP contribution in [0.2, 0.25) is 0 Å². The topological polar surface area (TPSA) is 66.1 Å². The van der Waals surface area contributed by atoms with Crippen LogP contribution in [-0.2, 0) is 0 Å². The highest BCUT2D eigenvalue weighted by Gasteiger charge is 2.26. The quantitative estimate of drug-likeness (QED) is 0.434. The first kappa shape index (κ1) is 18.8.